The van der Waals surface area contributed by atoms with Crippen LogP contribution in [0.2, 0.25) is 0 Å². The minimum absolute atomic E-state index is 0.253. The van der Waals surface area contributed by atoms with E-state index < -0.39 is 11.2 Å². The number of unbranched alkanes of at least 4 members (excludes halogenated alkanes) is 8. The summed E-state index contributed by atoms with van der Waals surface area (Å²) in [6.45, 7) is 4.39. The van der Waals surface area contributed by atoms with E-state index in [-0.39, 0.29) is 5.92 Å². The Bertz CT molecular complexity index is 316. The smallest absolute Gasteiger partial charge is 0.0933 e. The Morgan fingerprint density at radius 2 is 1.46 bits per heavy atom. The van der Waals surface area contributed by atoms with Gasteiger partial charge in [-0.05, 0) is 44.9 Å². The Balaban J connectivity index is 2.26. The van der Waals surface area contributed by atoms with Crippen LogP contribution in [0.25, 0.3) is 0 Å². The summed E-state index contributed by atoms with van der Waals surface area (Å²) < 4.78 is 0. The fraction of sp³-hybridized carbons (Fsp3) is 1.00. The van der Waals surface area contributed by atoms with Crippen LogP contribution in [0.5, 0.6) is 0 Å². The van der Waals surface area contributed by atoms with Gasteiger partial charge in [-0.25, -0.2) is 0 Å². The lowest BCUT2D eigenvalue weighted by Crippen LogP contribution is -2.59. The molecule has 0 aromatic heterocycles. The van der Waals surface area contributed by atoms with Gasteiger partial charge in [0.25, 0.3) is 0 Å². The van der Waals surface area contributed by atoms with Crippen molar-refractivity contribution in [3.8, 4) is 0 Å². The third-order valence-electron chi connectivity index (χ3n) is 6.28. The van der Waals surface area contributed by atoms with Crippen molar-refractivity contribution in [1.29, 1.82) is 0 Å². The molecule has 0 aromatic rings. The largest absolute Gasteiger partial charge is 0.396 e. The quantitative estimate of drug-likeness (QED) is 0.414. The Kier molecular flexibility index (Phi) is 10.5. The lowest BCUT2D eigenvalue weighted by molar-refractivity contribution is -0.198. The summed E-state index contributed by atoms with van der Waals surface area (Å²) in [5.41, 5.74) is -1.81. The molecule has 1 fully saturated rings. The Morgan fingerprint density at radius 3 is 2.04 bits per heavy atom. The Morgan fingerprint density at radius 1 is 0.875 bits per heavy atom. The van der Waals surface area contributed by atoms with Gasteiger partial charge in [0.1, 0.15) is 0 Å². The molecule has 0 saturated heterocycles. The van der Waals surface area contributed by atoms with E-state index in [1.165, 1.54) is 25.7 Å². The van der Waals surface area contributed by atoms with Crippen LogP contribution in [0.3, 0.4) is 0 Å². The minimum atomic E-state index is -0.926. The second-order valence-corrected chi connectivity index (χ2v) is 8.21. The van der Waals surface area contributed by atoms with Crippen LogP contribution < -0.4 is 0 Å². The molecule has 1 rings (SSSR count). The SMILES string of the molecule is CCCCC1CCCC(O)(CCCCCCCCCCO)C1(C)O. The van der Waals surface area contributed by atoms with Gasteiger partial charge in [-0.2, -0.15) is 0 Å². The van der Waals surface area contributed by atoms with Crippen LogP contribution in [-0.2, 0) is 0 Å². The highest BCUT2D eigenvalue weighted by Crippen LogP contribution is 2.45. The third kappa shape index (κ3) is 6.65. The molecule has 0 heterocycles. The van der Waals surface area contributed by atoms with Crippen LogP contribution in [-0.4, -0.2) is 33.1 Å². The maximum Gasteiger partial charge on any atom is 0.0933 e. The molecule has 1 saturated carbocycles. The number of hydrogen-bond donors (Lipinski definition) is 3. The molecule has 0 aromatic carbocycles. The summed E-state index contributed by atoms with van der Waals surface area (Å²) in [5.74, 6) is 0.253. The number of aliphatic hydroxyl groups excluding tert-OH is 1. The normalized spacial score (nSPS) is 30.6. The lowest BCUT2D eigenvalue weighted by atomic mass is 9.63. The van der Waals surface area contributed by atoms with E-state index >= 15 is 0 Å². The lowest BCUT2D eigenvalue weighted by Gasteiger charge is -2.50. The minimum Gasteiger partial charge on any atom is -0.396 e. The predicted octanol–water partition coefficient (Wildman–Crippen LogP) is 4.96. The van der Waals surface area contributed by atoms with Gasteiger partial charge in [-0.1, -0.05) is 71.1 Å². The zero-order chi connectivity index (χ0) is 17.9. The molecule has 1 aliphatic rings. The maximum absolute atomic E-state index is 11.1. The maximum atomic E-state index is 11.1. The second kappa shape index (κ2) is 11.5. The molecule has 144 valence electrons. The molecule has 0 spiro atoms. The van der Waals surface area contributed by atoms with Gasteiger partial charge in [0, 0.05) is 6.61 Å². The highest BCUT2D eigenvalue weighted by atomic mass is 16.4. The van der Waals surface area contributed by atoms with Crippen LogP contribution in [0, 0.1) is 5.92 Å². The Labute approximate surface area is 149 Å². The topological polar surface area (TPSA) is 60.7 Å². The molecular weight excluding hydrogens is 300 g/mol. The van der Waals surface area contributed by atoms with E-state index in [1.807, 2.05) is 6.92 Å². The molecule has 3 unspecified atom stereocenters. The van der Waals surface area contributed by atoms with Crippen molar-refractivity contribution in [3.63, 3.8) is 0 Å². The van der Waals surface area contributed by atoms with Crippen molar-refractivity contribution in [2.24, 2.45) is 5.92 Å². The molecular formula is C21H42O3. The van der Waals surface area contributed by atoms with Crippen molar-refractivity contribution >= 4 is 0 Å². The first-order valence-corrected chi connectivity index (χ1v) is 10.5. The third-order valence-corrected chi connectivity index (χ3v) is 6.28. The number of rotatable bonds is 13. The molecule has 0 aliphatic heterocycles. The van der Waals surface area contributed by atoms with E-state index in [4.69, 9.17) is 5.11 Å². The fourth-order valence-electron chi connectivity index (χ4n) is 4.40. The first-order valence-electron chi connectivity index (χ1n) is 10.5. The van der Waals surface area contributed by atoms with E-state index in [9.17, 15) is 10.2 Å². The van der Waals surface area contributed by atoms with Gasteiger partial charge in [0.2, 0.25) is 0 Å². The van der Waals surface area contributed by atoms with Gasteiger partial charge in [0.05, 0.1) is 11.2 Å². The van der Waals surface area contributed by atoms with E-state index in [1.54, 1.807) is 0 Å². The van der Waals surface area contributed by atoms with Crippen LogP contribution >= 0.6 is 0 Å². The van der Waals surface area contributed by atoms with E-state index in [0.29, 0.717) is 6.61 Å². The summed E-state index contributed by atoms with van der Waals surface area (Å²) in [6.07, 6.45) is 16.1. The van der Waals surface area contributed by atoms with Gasteiger partial charge >= 0.3 is 0 Å². The van der Waals surface area contributed by atoms with Crippen molar-refractivity contribution in [3.05, 3.63) is 0 Å². The fourth-order valence-corrected chi connectivity index (χ4v) is 4.40. The molecule has 0 radical (unpaired) electrons. The number of aliphatic hydroxyl groups is 3. The van der Waals surface area contributed by atoms with Crippen LogP contribution in [0.15, 0.2) is 0 Å². The van der Waals surface area contributed by atoms with Gasteiger partial charge in [0.15, 0.2) is 0 Å². The highest BCUT2D eigenvalue weighted by Gasteiger charge is 2.51. The molecule has 3 heteroatoms. The van der Waals surface area contributed by atoms with Crippen LogP contribution in [0.4, 0.5) is 0 Å². The predicted molar refractivity (Wildman–Crippen MR) is 101 cm³/mol. The van der Waals surface area contributed by atoms with Crippen molar-refractivity contribution in [2.75, 3.05) is 6.61 Å². The molecule has 3 N–H and O–H groups in total. The second-order valence-electron chi connectivity index (χ2n) is 8.21. The molecule has 1 aliphatic carbocycles. The monoisotopic (exact) mass is 342 g/mol. The van der Waals surface area contributed by atoms with Crippen molar-refractivity contribution in [1.82, 2.24) is 0 Å². The summed E-state index contributed by atoms with van der Waals surface area (Å²) in [6, 6.07) is 0. The summed E-state index contributed by atoms with van der Waals surface area (Å²) in [4.78, 5) is 0. The summed E-state index contributed by atoms with van der Waals surface area (Å²) in [7, 11) is 0. The van der Waals surface area contributed by atoms with E-state index in [2.05, 4.69) is 6.92 Å². The summed E-state index contributed by atoms with van der Waals surface area (Å²) in [5, 5.41) is 30.9. The van der Waals surface area contributed by atoms with Crippen molar-refractivity contribution < 1.29 is 15.3 Å². The van der Waals surface area contributed by atoms with Gasteiger partial charge < -0.3 is 15.3 Å². The van der Waals surface area contributed by atoms with E-state index in [0.717, 1.165) is 70.6 Å². The first-order chi connectivity index (χ1) is 11.5. The zero-order valence-electron chi connectivity index (χ0n) is 16.2. The van der Waals surface area contributed by atoms with Crippen LogP contribution in [0.1, 0.15) is 110 Å². The molecule has 3 atom stereocenters. The molecule has 3 nitrogen and oxygen atoms in total. The summed E-state index contributed by atoms with van der Waals surface area (Å²) >= 11 is 0. The first kappa shape index (κ1) is 21.9. The number of hydrogen-bond acceptors (Lipinski definition) is 3. The van der Waals surface area contributed by atoms with Crippen molar-refractivity contribution in [2.45, 2.75) is 121 Å². The highest BCUT2D eigenvalue weighted by molar-refractivity contribution is 5.03. The van der Waals surface area contributed by atoms with Gasteiger partial charge in [-0.15, -0.1) is 0 Å². The molecule has 0 bridgehead atoms. The molecule has 0 amide bonds. The zero-order valence-corrected chi connectivity index (χ0v) is 16.2. The van der Waals surface area contributed by atoms with Gasteiger partial charge in [-0.3, -0.25) is 0 Å². The standard InChI is InChI=1S/C21H42O3/c1-3-4-14-19-15-13-17-21(24,20(19,2)23)16-11-9-7-5-6-8-10-12-18-22/h19,22-24H,3-18H2,1-2H3. The average Bonchev–Trinajstić information content (AvgIpc) is 2.55. The molecule has 24 heavy (non-hydrogen) atoms. The Hall–Kier alpha value is -0.120. The average molecular weight is 343 g/mol.